The first kappa shape index (κ1) is 16.6. The highest BCUT2D eigenvalue weighted by Gasteiger charge is 2.08. The van der Waals surface area contributed by atoms with Gasteiger partial charge in [0, 0.05) is 38.2 Å². The van der Waals surface area contributed by atoms with Gasteiger partial charge in [-0.05, 0) is 35.9 Å². The fourth-order valence-corrected chi connectivity index (χ4v) is 3.41. The van der Waals surface area contributed by atoms with Gasteiger partial charge in [0.25, 0.3) is 5.91 Å². The molecule has 3 aromatic rings. The van der Waals surface area contributed by atoms with E-state index < -0.39 is 0 Å². The Kier molecular flexibility index (Phi) is 4.92. The quantitative estimate of drug-likeness (QED) is 0.619. The third-order valence-corrected chi connectivity index (χ3v) is 4.19. The number of anilines is 2. The van der Waals surface area contributed by atoms with Gasteiger partial charge < -0.3 is 11.1 Å². The Labute approximate surface area is 155 Å². The van der Waals surface area contributed by atoms with Crippen molar-refractivity contribution in [2.24, 2.45) is 0 Å². The predicted molar refractivity (Wildman–Crippen MR) is 102 cm³/mol. The maximum absolute atomic E-state index is 12.3. The monoisotopic (exact) mass is 446 g/mol. The summed E-state index contributed by atoms with van der Waals surface area (Å²) >= 11 is 6.75. The van der Waals surface area contributed by atoms with Crippen molar-refractivity contribution in [3.8, 4) is 11.1 Å². The Bertz CT molecular complexity index is 860. The van der Waals surface area contributed by atoms with Crippen LogP contribution in [0.2, 0.25) is 0 Å². The maximum Gasteiger partial charge on any atom is 0.255 e. The van der Waals surface area contributed by atoms with E-state index in [1.54, 1.807) is 24.5 Å². The van der Waals surface area contributed by atoms with E-state index >= 15 is 0 Å². The van der Waals surface area contributed by atoms with Crippen LogP contribution in [-0.2, 0) is 0 Å². The number of nitrogens with one attached hydrogen (secondary N) is 1. The van der Waals surface area contributed by atoms with Gasteiger partial charge in [-0.15, -0.1) is 0 Å². The van der Waals surface area contributed by atoms with E-state index in [2.05, 4.69) is 47.1 Å². The van der Waals surface area contributed by atoms with E-state index in [9.17, 15) is 4.79 Å². The number of nitrogens with two attached hydrogens (primary N) is 1. The largest absolute Gasteiger partial charge is 0.368 e. The minimum Gasteiger partial charge on any atom is -0.368 e. The van der Waals surface area contributed by atoms with Crippen molar-refractivity contribution in [2.45, 2.75) is 0 Å². The van der Waals surface area contributed by atoms with Gasteiger partial charge in [0.1, 0.15) is 0 Å². The van der Waals surface area contributed by atoms with Crippen molar-refractivity contribution in [3.05, 3.63) is 69.4 Å². The number of hydrogen-bond donors (Lipinski definition) is 2. The van der Waals surface area contributed by atoms with Crippen molar-refractivity contribution >= 4 is 49.4 Å². The molecule has 3 rings (SSSR count). The van der Waals surface area contributed by atoms with Gasteiger partial charge in [-0.2, -0.15) is 0 Å². The molecule has 0 saturated carbocycles. The first-order valence-electron chi connectivity index (χ1n) is 6.97. The molecule has 24 heavy (non-hydrogen) atoms. The summed E-state index contributed by atoms with van der Waals surface area (Å²) < 4.78 is 1.67. The Hall–Kier alpha value is -2.25. The van der Waals surface area contributed by atoms with Crippen molar-refractivity contribution < 1.29 is 4.79 Å². The molecule has 0 bridgehead atoms. The summed E-state index contributed by atoms with van der Waals surface area (Å²) in [5.41, 5.74) is 8.55. The summed E-state index contributed by atoms with van der Waals surface area (Å²) in [6.45, 7) is 0. The molecule has 0 aliphatic heterocycles. The summed E-state index contributed by atoms with van der Waals surface area (Å²) in [4.78, 5) is 20.3. The number of nitrogen functional groups attached to an aromatic ring is 1. The summed E-state index contributed by atoms with van der Waals surface area (Å²) in [6.07, 6.45) is 3.32. The molecule has 0 aliphatic carbocycles. The molecule has 0 atom stereocenters. The van der Waals surface area contributed by atoms with Gasteiger partial charge in [-0.25, -0.2) is 9.97 Å². The van der Waals surface area contributed by atoms with Gasteiger partial charge in [0.2, 0.25) is 5.95 Å². The molecule has 120 valence electrons. The van der Waals surface area contributed by atoms with Crippen LogP contribution in [0.5, 0.6) is 0 Å². The Morgan fingerprint density at radius 2 is 1.50 bits per heavy atom. The fourth-order valence-electron chi connectivity index (χ4n) is 2.12. The summed E-state index contributed by atoms with van der Waals surface area (Å²) in [5, 5.41) is 2.87. The van der Waals surface area contributed by atoms with Crippen LogP contribution < -0.4 is 11.1 Å². The molecule has 1 heterocycles. The topological polar surface area (TPSA) is 80.9 Å². The second-order valence-corrected chi connectivity index (χ2v) is 6.85. The highest BCUT2D eigenvalue weighted by molar-refractivity contribution is 9.11. The lowest BCUT2D eigenvalue weighted by Crippen LogP contribution is -2.11. The number of halogens is 2. The maximum atomic E-state index is 12.3. The van der Waals surface area contributed by atoms with E-state index in [4.69, 9.17) is 5.73 Å². The van der Waals surface area contributed by atoms with Crippen LogP contribution in [0.15, 0.2) is 63.8 Å². The lowest BCUT2D eigenvalue weighted by atomic mass is 10.1. The highest BCUT2D eigenvalue weighted by atomic mass is 79.9. The Balaban J connectivity index is 1.76. The molecule has 5 nitrogen and oxygen atoms in total. The zero-order valence-corrected chi connectivity index (χ0v) is 15.5. The average molecular weight is 448 g/mol. The van der Waals surface area contributed by atoms with Crippen LogP contribution in [0.25, 0.3) is 11.1 Å². The minimum atomic E-state index is -0.180. The molecule has 3 N–H and O–H groups in total. The minimum absolute atomic E-state index is 0.180. The molecule has 7 heteroatoms. The molecular formula is C17H12Br2N4O. The van der Waals surface area contributed by atoms with Gasteiger partial charge >= 0.3 is 0 Å². The summed E-state index contributed by atoms with van der Waals surface area (Å²) in [6, 6.07) is 12.8. The van der Waals surface area contributed by atoms with E-state index in [1.165, 1.54) is 0 Å². The number of carbonyl (C=O) groups is 1. The fraction of sp³-hybridized carbons (Fsp3) is 0. The molecule has 0 saturated heterocycles. The first-order valence-corrected chi connectivity index (χ1v) is 8.55. The van der Waals surface area contributed by atoms with Crippen molar-refractivity contribution in [2.75, 3.05) is 11.1 Å². The van der Waals surface area contributed by atoms with Crippen molar-refractivity contribution in [1.82, 2.24) is 9.97 Å². The van der Waals surface area contributed by atoms with Crippen LogP contribution in [0.1, 0.15) is 10.4 Å². The van der Waals surface area contributed by atoms with Gasteiger partial charge in [-0.3, -0.25) is 4.79 Å². The number of aromatic nitrogens is 2. The van der Waals surface area contributed by atoms with Crippen LogP contribution in [0.4, 0.5) is 11.6 Å². The second kappa shape index (κ2) is 7.11. The molecule has 1 aromatic heterocycles. The lowest BCUT2D eigenvalue weighted by Gasteiger charge is -2.08. The van der Waals surface area contributed by atoms with Gasteiger partial charge in [0.05, 0.1) is 0 Å². The third-order valence-electron chi connectivity index (χ3n) is 3.27. The zero-order valence-electron chi connectivity index (χ0n) is 12.3. The van der Waals surface area contributed by atoms with Crippen LogP contribution in [0, 0.1) is 0 Å². The highest BCUT2D eigenvalue weighted by Crippen LogP contribution is 2.23. The predicted octanol–water partition coefficient (Wildman–Crippen LogP) is 4.50. The Morgan fingerprint density at radius 1 is 0.917 bits per heavy atom. The van der Waals surface area contributed by atoms with E-state index in [-0.39, 0.29) is 11.9 Å². The van der Waals surface area contributed by atoms with E-state index in [0.29, 0.717) is 11.3 Å². The number of benzene rings is 2. The normalized spacial score (nSPS) is 10.4. The number of rotatable bonds is 3. The first-order chi connectivity index (χ1) is 11.5. The molecule has 0 unspecified atom stereocenters. The zero-order chi connectivity index (χ0) is 17.1. The Morgan fingerprint density at radius 3 is 2.08 bits per heavy atom. The molecule has 2 aromatic carbocycles. The van der Waals surface area contributed by atoms with Crippen LogP contribution in [-0.4, -0.2) is 15.9 Å². The number of nitrogens with zero attached hydrogens (tertiary/aromatic N) is 2. The standard InChI is InChI=1S/C17H12Br2N4O/c18-13-5-11(6-14(19)7-13)16(24)23-15-3-1-10(2-4-15)12-8-21-17(20)22-9-12/h1-9H,(H,23,24)(H2,20,21,22). The van der Waals surface area contributed by atoms with Crippen molar-refractivity contribution in [1.29, 1.82) is 0 Å². The number of hydrogen-bond acceptors (Lipinski definition) is 4. The van der Waals surface area contributed by atoms with Gasteiger partial charge in [-0.1, -0.05) is 44.0 Å². The SMILES string of the molecule is Nc1ncc(-c2ccc(NC(=O)c3cc(Br)cc(Br)c3)cc2)cn1. The second-order valence-electron chi connectivity index (χ2n) is 5.02. The van der Waals surface area contributed by atoms with Crippen LogP contribution >= 0.6 is 31.9 Å². The summed E-state index contributed by atoms with van der Waals surface area (Å²) in [7, 11) is 0. The van der Waals surface area contributed by atoms with Crippen molar-refractivity contribution in [3.63, 3.8) is 0 Å². The smallest absolute Gasteiger partial charge is 0.255 e. The van der Waals surface area contributed by atoms with Gasteiger partial charge in [0.15, 0.2) is 0 Å². The van der Waals surface area contributed by atoms with Crippen LogP contribution in [0.3, 0.4) is 0 Å². The molecule has 0 fully saturated rings. The molecule has 0 spiro atoms. The molecular weight excluding hydrogens is 436 g/mol. The lowest BCUT2D eigenvalue weighted by molar-refractivity contribution is 0.102. The van der Waals surface area contributed by atoms with E-state index in [1.807, 2.05) is 30.3 Å². The third kappa shape index (κ3) is 3.98. The number of carbonyl (C=O) groups excluding carboxylic acids is 1. The number of amides is 1. The molecule has 0 radical (unpaired) electrons. The average Bonchev–Trinajstić information content (AvgIpc) is 2.55. The summed E-state index contributed by atoms with van der Waals surface area (Å²) in [5.74, 6) is 0.0587. The van der Waals surface area contributed by atoms with E-state index in [0.717, 1.165) is 20.1 Å². The molecule has 0 aliphatic rings. The molecule has 1 amide bonds.